The van der Waals surface area contributed by atoms with Crippen molar-refractivity contribution in [1.82, 2.24) is 0 Å². The van der Waals surface area contributed by atoms with E-state index in [1.165, 1.54) is 0 Å². The average Bonchev–Trinajstić information content (AvgIpc) is 2.52. The summed E-state index contributed by atoms with van der Waals surface area (Å²) in [5.74, 6) is 0.914. The quantitative estimate of drug-likeness (QED) is 0.604. The molecule has 1 aromatic carbocycles. The zero-order valence-corrected chi connectivity index (χ0v) is 13.8. The maximum absolute atomic E-state index is 11.9. The molecule has 121 valence electrons. The molecule has 1 radical (unpaired) electrons. The van der Waals surface area contributed by atoms with Crippen molar-refractivity contribution in [3.05, 3.63) is 35.9 Å². The van der Waals surface area contributed by atoms with E-state index in [-0.39, 0.29) is 0 Å². The Morgan fingerprint density at radius 1 is 1.09 bits per heavy atom. The monoisotopic (exact) mass is 305 g/mol. The highest BCUT2D eigenvalue weighted by atomic mass is 17.2. The Kier molecular flexibility index (Phi) is 5.46. The van der Waals surface area contributed by atoms with Gasteiger partial charge in [-0.25, -0.2) is 4.79 Å². The summed E-state index contributed by atoms with van der Waals surface area (Å²) >= 11 is 0. The predicted molar refractivity (Wildman–Crippen MR) is 84.2 cm³/mol. The maximum atomic E-state index is 11.9. The summed E-state index contributed by atoms with van der Waals surface area (Å²) in [5.41, 5.74) is 0.774. The van der Waals surface area contributed by atoms with Gasteiger partial charge in [-0.05, 0) is 61.3 Å². The van der Waals surface area contributed by atoms with E-state index in [4.69, 9.17) is 14.5 Å². The normalized spacial score (nSPS) is 17.3. The van der Waals surface area contributed by atoms with Crippen LogP contribution in [0.15, 0.2) is 24.3 Å². The molecule has 1 aliphatic rings. The van der Waals surface area contributed by atoms with Crippen molar-refractivity contribution < 1.29 is 19.3 Å². The molecule has 0 spiro atoms. The van der Waals surface area contributed by atoms with Crippen LogP contribution in [0.25, 0.3) is 0 Å². The smallest absolute Gasteiger partial charge is 0.373 e. The van der Waals surface area contributed by atoms with Crippen LogP contribution < -0.4 is 4.74 Å². The Hall–Kier alpha value is -1.55. The van der Waals surface area contributed by atoms with Crippen molar-refractivity contribution in [3.8, 4) is 5.75 Å². The number of rotatable bonds is 4. The van der Waals surface area contributed by atoms with E-state index in [0.29, 0.717) is 22.6 Å². The molecular weight excluding hydrogens is 280 g/mol. The number of hydrogen-bond acceptors (Lipinski definition) is 4. The number of carbonyl (C=O) groups is 1. The average molecular weight is 305 g/mol. The number of hydrogen-bond donors (Lipinski definition) is 0. The van der Waals surface area contributed by atoms with Crippen molar-refractivity contribution in [2.24, 2.45) is 11.3 Å². The van der Waals surface area contributed by atoms with Gasteiger partial charge in [-0.3, -0.25) is 4.89 Å². The molecule has 0 saturated heterocycles. The Labute approximate surface area is 132 Å². The lowest BCUT2D eigenvalue weighted by Gasteiger charge is -2.35. The fraction of sp³-hybridized carbons (Fsp3) is 0.556. The molecular formula is C18H25O4. The van der Waals surface area contributed by atoms with E-state index in [9.17, 15) is 4.79 Å². The number of methoxy groups -OCH3 is 1. The van der Waals surface area contributed by atoms with Gasteiger partial charge < -0.3 is 4.74 Å². The lowest BCUT2D eigenvalue weighted by molar-refractivity contribution is -0.241. The van der Waals surface area contributed by atoms with Crippen LogP contribution in [-0.2, 0) is 9.78 Å². The predicted octanol–water partition coefficient (Wildman–Crippen LogP) is 4.55. The van der Waals surface area contributed by atoms with E-state index in [1.807, 2.05) is 0 Å². The van der Waals surface area contributed by atoms with E-state index >= 15 is 0 Å². The third-order valence-corrected chi connectivity index (χ3v) is 4.33. The topological polar surface area (TPSA) is 44.8 Å². The van der Waals surface area contributed by atoms with Crippen molar-refractivity contribution in [2.75, 3.05) is 7.11 Å². The number of carbonyl (C=O) groups excluding carboxylic acids is 1. The van der Waals surface area contributed by atoms with Gasteiger partial charge in [-0.15, -0.1) is 0 Å². The second kappa shape index (κ2) is 7.14. The van der Waals surface area contributed by atoms with Crippen LogP contribution >= 0.6 is 0 Å². The van der Waals surface area contributed by atoms with Gasteiger partial charge in [0, 0.05) is 0 Å². The highest BCUT2D eigenvalue weighted by Crippen LogP contribution is 2.40. The van der Waals surface area contributed by atoms with E-state index in [0.717, 1.165) is 31.8 Å². The Balaban J connectivity index is 1.77. The molecule has 22 heavy (non-hydrogen) atoms. The summed E-state index contributed by atoms with van der Waals surface area (Å²) < 4.78 is 5.05. The van der Waals surface area contributed by atoms with Crippen LogP contribution in [-0.4, -0.2) is 13.1 Å². The lowest BCUT2D eigenvalue weighted by Crippen LogP contribution is -2.26. The number of benzene rings is 1. The van der Waals surface area contributed by atoms with Gasteiger partial charge in [0.2, 0.25) is 0 Å². The van der Waals surface area contributed by atoms with Gasteiger partial charge in [0.25, 0.3) is 0 Å². The van der Waals surface area contributed by atoms with Crippen molar-refractivity contribution in [3.63, 3.8) is 0 Å². The second-order valence-corrected chi connectivity index (χ2v) is 6.86. The molecule has 0 N–H and O–H groups in total. The fourth-order valence-corrected chi connectivity index (χ4v) is 2.76. The van der Waals surface area contributed by atoms with Gasteiger partial charge in [0.05, 0.1) is 12.7 Å². The fourth-order valence-electron chi connectivity index (χ4n) is 2.76. The Bertz CT molecular complexity index is 479. The van der Waals surface area contributed by atoms with Crippen LogP contribution in [0.2, 0.25) is 0 Å². The van der Waals surface area contributed by atoms with Gasteiger partial charge in [-0.2, -0.15) is 4.89 Å². The largest absolute Gasteiger partial charge is 0.497 e. The van der Waals surface area contributed by atoms with E-state index in [2.05, 4.69) is 20.8 Å². The summed E-state index contributed by atoms with van der Waals surface area (Å²) in [7, 11) is 1.58. The Morgan fingerprint density at radius 2 is 1.68 bits per heavy atom. The molecule has 0 amide bonds. The molecule has 1 fully saturated rings. The van der Waals surface area contributed by atoms with Gasteiger partial charge >= 0.3 is 5.97 Å². The molecule has 2 rings (SSSR count). The zero-order chi connectivity index (χ0) is 16.2. The molecule has 0 atom stereocenters. The summed E-state index contributed by atoms with van der Waals surface area (Å²) in [6.45, 7) is 6.81. The summed E-state index contributed by atoms with van der Waals surface area (Å²) in [5, 5.41) is 0. The molecule has 0 bridgehead atoms. The van der Waals surface area contributed by atoms with Crippen molar-refractivity contribution in [2.45, 2.75) is 46.5 Å². The minimum atomic E-state index is -0.479. The van der Waals surface area contributed by atoms with Crippen LogP contribution in [0.5, 0.6) is 5.75 Å². The summed E-state index contributed by atoms with van der Waals surface area (Å²) in [4.78, 5) is 22.1. The standard InChI is InChI=1S/C18H25O4/c1-18(2,3)14-7-11-16(12-8-14)21-22-17(19)13-5-9-15(20-4)10-6-13/h5-6,9-10,14H,7-8,11-12H2,1-4H3. The molecule has 1 saturated carbocycles. The minimum Gasteiger partial charge on any atom is -0.497 e. The first-order chi connectivity index (χ1) is 10.4. The lowest BCUT2D eigenvalue weighted by atomic mass is 9.72. The first-order valence-corrected chi connectivity index (χ1v) is 7.78. The van der Waals surface area contributed by atoms with Crippen LogP contribution in [0.1, 0.15) is 56.8 Å². The van der Waals surface area contributed by atoms with Gasteiger partial charge in [-0.1, -0.05) is 20.8 Å². The minimum absolute atomic E-state index is 0.325. The molecule has 0 unspecified atom stereocenters. The second-order valence-electron chi connectivity index (χ2n) is 6.86. The molecule has 1 aliphatic carbocycles. The van der Waals surface area contributed by atoms with Crippen molar-refractivity contribution >= 4 is 5.97 Å². The van der Waals surface area contributed by atoms with E-state index < -0.39 is 5.97 Å². The third-order valence-electron chi connectivity index (χ3n) is 4.33. The van der Waals surface area contributed by atoms with E-state index in [1.54, 1.807) is 31.4 Å². The van der Waals surface area contributed by atoms with Crippen molar-refractivity contribution in [1.29, 1.82) is 0 Å². The summed E-state index contributed by atoms with van der Waals surface area (Å²) in [6.07, 6.45) is 4.75. The number of ether oxygens (including phenoxy) is 1. The van der Waals surface area contributed by atoms with Crippen LogP contribution in [0.3, 0.4) is 0 Å². The van der Waals surface area contributed by atoms with Crippen LogP contribution in [0, 0.1) is 17.4 Å². The molecule has 0 heterocycles. The van der Waals surface area contributed by atoms with Crippen LogP contribution in [0.4, 0.5) is 0 Å². The zero-order valence-electron chi connectivity index (χ0n) is 13.8. The molecule has 1 aromatic rings. The first kappa shape index (κ1) is 16.8. The van der Waals surface area contributed by atoms with Gasteiger partial charge in [0.15, 0.2) is 0 Å². The SMILES string of the molecule is COc1ccc(C(=O)OO[C]2CCC(C(C)(C)C)CC2)cc1. The molecule has 4 heteroatoms. The van der Waals surface area contributed by atoms with Gasteiger partial charge in [0.1, 0.15) is 11.9 Å². The maximum Gasteiger partial charge on any atom is 0.373 e. The Morgan fingerprint density at radius 3 is 2.18 bits per heavy atom. The third kappa shape index (κ3) is 4.47. The first-order valence-electron chi connectivity index (χ1n) is 7.78. The highest BCUT2D eigenvalue weighted by Gasteiger charge is 2.31. The molecule has 0 aromatic heterocycles. The molecule has 0 aliphatic heterocycles. The highest BCUT2D eigenvalue weighted by molar-refractivity contribution is 5.89. The molecule has 4 nitrogen and oxygen atoms in total. The summed E-state index contributed by atoms with van der Waals surface area (Å²) in [6, 6.07) is 6.76.